The Labute approximate surface area is 77.0 Å². The summed E-state index contributed by atoms with van der Waals surface area (Å²) in [6.07, 6.45) is 0.902. The minimum Gasteiger partial charge on any atom is -0.393 e. The largest absolute Gasteiger partial charge is 0.393 e. The van der Waals surface area contributed by atoms with Crippen molar-refractivity contribution in [3.8, 4) is 0 Å². The molecule has 1 nitrogen and oxygen atoms in total. The van der Waals surface area contributed by atoms with Crippen molar-refractivity contribution in [3.63, 3.8) is 0 Å². The summed E-state index contributed by atoms with van der Waals surface area (Å²) in [5, 5.41) is 11.5. The number of aryl methyl sites for hydroxylation is 1. The van der Waals surface area contributed by atoms with Gasteiger partial charge in [-0.05, 0) is 36.3 Å². The Bertz CT molecular complexity index is 279. The first-order valence-corrected chi connectivity index (χ1v) is 5.30. The molecule has 12 heavy (non-hydrogen) atoms. The van der Waals surface area contributed by atoms with Crippen LogP contribution in [0.3, 0.4) is 0 Å². The van der Waals surface area contributed by atoms with Crippen molar-refractivity contribution in [2.75, 3.05) is 0 Å². The van der Waals surface area contributed by atoms with Crippen LogP contribution in [0, 0.1) is 12.8 Å². The van der Waals surface area contributed by atoms with E-state index in [0.29, 0.717) is 11.8 Å². The summed E-state index contributed by atoms with van der Waals surface area (Å²) in [7, 11) is 0. The van der Waals surface area contributed by atoms with Gasteiger partial charge < -0.3 is 5.11 Å². The topological polar surface area (TPSA) is 20.2 Å². The van der Waals surface area contributed by atoms with E-state index in [0.717, 1.165) is 6.42 Å². The molecule has 1 heterocycles. The van der Waals surface area contributed by atoms with Crippen molar-refractivity contribution in [2.45, 2.75) is 32.3 Å². The molecule has 0 saturated heterocycles. The molecule has 2 heteroatoms. The summed E-state index contributed by atoms with van der Waals surface area (Å²) in [5.74, 6) is 1.09. The lowest BCUT2D eigenvalue weighted by atomic mass is 9.71. The summed E-state index contributed by atoms with van der Waals surface area (Å²) in [6.45, 7) is 4.29. The third kappa shape index (κ3) is 1.10. The molecule has 1 aliphatic rings. The van der Waals surface area contributed by atoms with E-state index in [2.05, 4.69) is 25.3 Å². The molecular weight excluding hydrogens is 168 g/mol. The highest BCUT2D eigenvalue weighted by atomic mass is 32.1. The second kappa shape index (κ2) is 2.86. The highest BCUT2D eigenvalue weighted by molar-refractivity contribution is 7.10. The molecule has 1 fully saturated rings. The predicted molar refractivity (Wildman–Crippen MR) is 51.6 cm³/mol. The van der Waals surface area contributed by atoms with Gasteiger partial charge in [-0.3, -0.25) is 0 Å². The molecule has 2 rings (SSSR count). The van der Waals surface area contributed by atoms with Gasteiger partial charge in [0.2, 0.25) is 0 Å². The molecule has 0 amide bonds. The second-order valence-electron chi connectivity index (χ2n) is 3.74. The minimum atomic E-state index is -0.0588. The Morgan fingerprint density at radius 3 is 2.75 bits per heavy atom. The van der Waals surface area contributed by atoms with Crippen LogP contribution in [-0.4, -0.2) is 11.2 Å². The van der Waals surface area contributed by atoms with Gasteiger partial charge in [0.05, 0.1) is 6.10 Å². The fourth-order valence-electron chi connectivity index (χ4n) is 1.87. The molecule has 0 radical (unpaired) electrons. The minimum absolute atomic E-state index is 0.0588. The Kier molecular flexibility index (Phi) is 1.97. The molecule has 1 saturated carbocycles. The zero-order valence-corrected chi connectivity index (χ0v) is 8.27. The number of aliphatic hydroxyl groups is 1. The maximum atomic E-state index is 9.38. The van der Waals surface area contributed by atoms with Crippen molar-refractivity contribution < 1.29 is 5.11 Å². The molecule has 1 aromatic heterocycles. The van der Waals surface area contributed by atoms with Crippen LogP contribution in [0.15, 0.2) is 11.4 Å². The molecule has 0 bridgehead atoms. The first kappa shape index (κ1) is 8.27. The van der Waals surface area contributed by atoms with E-state index in [4.69, 9.17) is 0 Å². The van der Waals surface area contributed by atoms with Gasteiger partial charge in [0.15, 0.2) is 0 Å². The Morgan fingerprint density at radius 2 is 2.33 bits per heavy atom. The van der Waals surface area contributed by atoms with Gasteiger partial charge in [0, 0.05) is 10.8 Å². The van der Waals surface area contributed by atoms with Crippen LogP contribution in [0.1, 0.15) is 29.7 Å². The molecule has 0 spiro atoms. The van der Waals surface area contributed by atoms with Gasteiger partial charge >= 0.3 is 0 Å². The highest BCUT2D eigenvalue weighted by Crippen LogP contribution is 2.45. The van der Waals surface area contributed by atoms with Crippen LogP contribution in [-0.2, 0) is 0 Å². The van der Waals surface area contributed by atoms with Gasteiger partial charge in [-0.25, -0.2) is 0 Å². The number of rotatable bonds is 1. The number of thiophene rings is 1. The summed E-state index contributed by atoms with van der Waals surface area (Å²) >= 11 is 1.83. The number of aliphatic hydroxyl groups excluding tert-OH is 1. The first-order chi connectivity index (χ1) is 5.70. The smallest absolute Gasteiger partial charge is 0.0578 e. The van der Waals surface area contributed by atoms with E-state index in [-0.39, 0.29) is 6.10 Å². The van der Waals surface area contributed by atoms with E-state index < -0.39 is 0 Å². The predicted octanol–water partition coefficient (Wildman–Crippen LogP) is 2.54. The van der Waals surface area contributed by atoms with Crippen LogP contribution in [0.2, 0.25) is 0 Å². The number of hydrogen-bond donors (Lipinski definition) is 1. The average molecular weight is 182 g/mol. The third-order valence-electron chi connectivity index (χ3n) is 2.98. The maximum absolute atomic E-state index is 9.38. The van der Waals surface area contributed by atoms with Gasteiger partial charge in [-0.15, -0.1) is 11.3 Å². The molecule has 0 aliphatic heterocycles. The normalized spacial score (nSPS) is 34.8. The van der Waals surface area contributed by atoms with Crippen molar-refractivity contribution in [2.24, 2.45) is 5.92 Å². The van der Waals surface area contributed by atoms with Gasteiger partial charge in [-0.2, -0.15) is 0 Å². The molecule has 66 valence electrons. The zero-order valence-electron chi connectivity index (χ0n) is 7.45. The Hall–Kier alpha value is -0.340. The van der Waals surface area contributed by atoms with Crippen molar-refractivity contribution in [1.29, 1.82) is 0 Å². The quantitative estimate of drug-likeness (QED) is 0.707. The van der Waals surface area contributed by atoms with Gasteiger partial charge in [0.25, 0.3) is 0 Å². The summed E-state index contributed by atoms with van der Waals surface area (Å²) in [5.41, 5.74) is 1.39. The Morgan fingerprint density at radius 1 is 1.58 bits per heavy atom. The fourth-order valence-corrected chi connectivity index (χ4v) is 3.03. The van der Waals surface area contributed by atoms with Gasteiger partial charge in [0.1, 0.15) is 0 Å². The lowest BCUT2D eigenvalue weighted by Gasteiger charge is -2.39. The lowest BCUT2D eigenvalue weighted by Crippen LogP contribution is -2.37. The first-order valence-electron chi connectivity index (χ1n) is 4.42. The highest BCUT2D eigenvalue weighted by Gasteiger charge is 2.38. The molecule has 1 N–H and O–H groups in total. The Balaban J connectivity index is 2.18. The van der Waals surface area contributed by atoms with E-state index in [1.54, 1.807) is 0 Å². The molecule has 3 unspecified atom stereocenters. The average Bonchev–Trinajstić information content (AvgIpc) is 2.46. The van der Waals surface area contributed by atoms with E-state index in [9.17, 15) is 5.11 Å². The van der Waals surface area contributed by atoms with Crippen LogP contribution in [0.25, 0.3) is 0 Å². The molecule has 0 aromatic carbocycles. The third-order valence-corrected chi connectivity index (χ3v) is 4.13. The maximum Gasteiger partial charge on any atom is 0.0578 e. The summed E-state index contributed by atoms with van der Waals surface area (Å²) < 4.78 is 0. The molecule has 1 aromatic rings. The molecule has 3 atom stereocenters. The monoisotopic (exact) mass is 182 g/mol. The lowest BCUT2D eigenvalue weighted by molar-refractivity contribution is 0.0128. The van der Waals surface area contributed by atoms with Crippen molar-refractivity contribution in [1.82, 2.24) is 0 Å². The fraction of sp³-hybridized carbons (Fsp3) is 0.600. The second-order valence-corrected chi connectivity index (χ2v) is 4.68. The summed E-state index contributed by atoms with van der Waals surface area (Å²) in [6, 6.07) is 2.16. The molecule has 1 aliphatic carbocycles. The van der Waals surface area contributed by atoms with Gasteiger partial charge in [-0.1, -0.05) is 6.92 Å². The van der Waals surface area contributed by atoms with Crippen LogP contribution < -0.4 is 0 Å². The van der Waals surface area contributed by atoms with E-state index in [1.807, 2.05) is 11.3 Å². The standard InChI is InChI=1S/C10H14OS/c1-6-3-4-12-10(6)8-5-9(11)7(8)2/h3-4,7-9,11H,5H2,1-2H3. The number of hydrogen-bond acceptors (Lipinski definition) is 2. The summed E-state index contributed by atoms with van der Waals surface area (Å²) in [4.78, 5) is 1.48. The zero-order chi connectivity index (χ0) is 8.72. The van der Waals surface area contributed by atoms with Crippen molar-refractivity contribution >= 4 is 11.3 Å². The van der Waals surface area contributed by atoms with Crippen LogP contribution >= 0.6 is 11.3 Å². The van der Waals surface area contributed by atoms with E-state index >= 15 is 0 Å². The SMILES string of the molecule is Cc1ccsc1C1CC(O)C1C. The van der Waals surface area contributed by atoms with Crippen LogP contribution in [0.5, 0.6) is 0 Å². The van der Waals surface area contributed by atoms with E-state index in [1.165, 1.54) is 10.4 Å². The molecular formula is C10H14OS. The van der Waals surface area contributed by atoms with Crippen molar-refractivity contribution in [3.05, 3.63) is 21.9 Å². The van der Waals surface area contributed by atoms with Crippen LogP contribution in [0.4, 0.5) is 0 Å².